The number of benzene rings is 1. The van der Waals surface area contributed by atoms with Crippen molar-refractivity contribution in [1.82, 2.24) is 0 Å². The van der Waals surface area contributed by atoms with Crippen LogP contribution in [-0.4, -0.2) is 19.1 Å². The van der Waals surface area contributed by atoms with Crippen molar-refractivity contribution in [2.45, 2.75) is 6.92 Å². The molecule has 21 heavy (non-hydrogen) atoms. The molecule has 0 fully saturated rings. The zero-order chi connectivity index (χ0) is 15.8. The first-order valence-corrected chi connectivity index (χ1v) is 7.23. The predicted molar refractivity (Wildman–Crippen MR) is 88.8 cm³/mol. The lowest BCUT2D eigenvalue weighted by Gasteiger charge is -2.13. The van der Waals surface area contributed by atoms with Crippen molar-refractivity contribution in [2.24, 2.45) is 5.73 Å². The molecule has 0 atom stereocenters. The number of hydrogen-bond acceptors (Lipinski definition) is 4. The summed E-state index contributed by atoms with van der Waals surface area (Å²) in [5, 5.41) is 8.88. The largest absolute Gasteiger partial charge is 0.490 e. The third-order valence-corrected chi connectivity index (χ3v) is 3.18. The number of rotatable bonds is 7. The second-order valence-electron chi connectivity index (χ2n) is 3.90. The summed E-state index contributed by atoms with van der Waals surface area (Å²) in [5.41, 5.74) is 5.65. The average molecular weight is 398 g/mol. The van der Waals surface area contributed by atoms with E-state index in [-0.39, 0.29) is 5.57 Å². The van der Waals surface area contributed by atoms with E-state index in [1.165, 1.54) is 6.08 Å². The molecule has 1 rings (SSSR count). The first-order valence-electron chi connectivity index (χ1n) is 6.15. The van der Waals surface area contributed by atoms with Gasteiger partial charge in [-0.1, -0.05) is 12.7 Å². The smallest absolute Gasteiger partial charge is 0.259 e. The van der Waals surface area contributed by atoms with Crippen LogP contribution in [0.1, 0.15) is 12.5 Å². The molecule has 1 aromatic carbocycles. The molecule has 2 N–H and O–H groups in total. The number of carbonyl (C=O) groups is 1. The fourth-order valence-electron chi connectivity index (χ4n) is 1.54. The van der Waals surface area contributed by atoms with Gasteiger partial charge in [0.25, 0.3) is 5.91 Å². The number of nitriles is 1. The van der Waals surface area contributed by atoms with Gasteiger partial charge in [0.2, 0.25) is 0 Å². The van der Waals surface area contributed by atoms with Crippen LogP contribution in [0.15, 0.2) is 30.4 Å². The van der Waals surface area contributed by atoms with Crippen molar-refractivity contribution in [3.05, 3.63) is 39.5 Å². The number of primary amides is 1. The highest BCUT2D eigenvalue weighted by Gasteiger charge is 2.12. The fraction of sp³-hybridized carbons (Fsp3) is 0.200. The minimum Gasteiger partial charge on any atom is -0.490 e. The number of hydrogen-bond donors (Lipinski definition) is 1. The van der Waals surface area contributed by atoms with Crippen LogP contribution >= 0.6 is 22.6 Å². The summed E-state index contributed by atoms with van der Waals surface area (Å²) < 4.78 is 11.9. The minimum atomic E-state index is -0.766. The molecule has 1 aromatic rings. The van der Waals surface area contributed by atoms with Crippen LogP contribution in [0.2, 0.25) is 0 Å². The van der Waals surface area contributed by atoms with Crippen molar-refractivity contribution in [1.29, 1.82) is 5.26 Å². The maximum Gasteiger partial charge on any atom is 0.259 e. The third-order valence-electron chi connectivity index (χ3n) is 2.37. The van der Waals surface area contributed by atoms with E-state index in [1.54, 1.807) is 24.3 Å². The molecule has 0 spiro atoms. The van der Waals surface area contributed by atoms with E-state index in [0.717, 1.165) is 3.57 Å². The molecule has 0 heterocycles. The van der Waals surface area contributed by atoms with Gasteiger partial charge in [0.1, 0.15) is 18.2 Å². The molecule has 110 valence electrons. The van der Waals surface area contributed by atoms with Gasteiger partial charge in [0.15, 0.2) is 11.5 Å². The number of ether oxygens (including phenoxy) is 2. The van der Waals surface area contributed by atoms with Crippen molar-refractivity contribution >= 4 is 34.6 Å². The molecule has 0 saturated carbocycles. The zero-order valence-electron chi connectivity index (χ0n) is 11.6. The molecule has 0 aliphatic carbocycles. The topological polar surface area (TPSA) is 85.3 Å². The normalized spacial score (nSPS) is 10.6. The van der Waals surface area contributed by atoms with Gasteiger partial charge in [0.05, 0.1) is 10.2 Å². The summed E-state index contributed by atoms with van der Waals surface area (Å²) in [6, 6.07) is 5.25. The van der Waals surface area contributed by atoms with E-state index in [2.05, 4.69) is 29.2 Å². The molecule has 0 radical (unpaired) electrons. The Labute approximate surface area is 137 Å². The Balaban J connectivity index is 3.29. The van der Waals surface area contributed by atoms with Crippen molar-refractivity contribution in [3.8, 4) is 17.6 Å². The maximum atomic E-state index is 11.1. The van der Waals surface area contributed by atoms with E-state index in [4.69, 9.17) is 20.5 Å². The fourth-order valence-corrected chi connectivity index (χ4v) is 2.32. The predicted octanol–water partition coefficient (Wildman–Crippen LogP) is 2.65. The Morgan fingerprint density at radius 2 is 2.24 bits per heavy atom. The number of amides is 1. The lowest BCUT2D eigenvalue weighted by atomic mass is 10.1. The van der Waals surface area contributed by atoms with Gasteiger partial charge in [-0.15, -0.1) is 0 Å². The molecule has 0 aromatic heterocycles. The molecular weight excluding hydrogens is 383 g/mol. The third kappa shape index (κ3) is 4.79. The van der Waals surface area contributed by atoms with Crippen LogP contribution in [0.3, 0.4) is 0 Å². The maximum absolute atomic E-state index is 11.1. The van der Waals surface area contributed by atoms with Crippen LogP contribution in [0.4, 0.5) is 0 Å². The Hall–Kier alpha value is -2.01. The Kier molecular flexibility index (Phi) is 6.75. The second-order valence-corrected chi connectivity index (χ2v) is 5.06. The van der Waals surface area contributed by atoms with E-state index < -0.39 is 5.91 Å². The highest BCUT2D eigenvalue weighted by Crippen LogP contribution is 2.35. The van der Waals surface area contributed by atoms with Gasteiger partial charge < -0.3 is 15.2 Å². The van der Waals surface area contributed by atoms with Gasteiger partial charge in [0, 0.05) is 0 Å². The molecule has 0 unspecified atom stereocenters. The second kappa shape index (κ2) is 8.32. The number of carbonyl (C=O) groups excluding carboxylic acids is 1. The van der Waals surface area contributed by atoms with Gasteiger partial charge in [-0.2, -0.15) is 5.26 Å². The Morgan fingerprint density at radius 3 is 2.76 bits per heavy atom. The van der Waals surface area contributed by atoms with Crippen LogP contribution in [0.25, 0.3) is 6.08 Å². The standard InChI is InChI=1S/C15H15IN2O3/c1-3-5-21-14-12(16)7-10(8-13(14)20-4-2)6-11(9-17)15(18)19/h3,6-8H,1,4-5H2,2H3,(H2,18,19)/b11-6+. The molecule has 5 nitrogen and oxygen atoms in total. The zero-order valence-corrected chi connectivity index (χ0v) is 13.7. The molecule has 0 aliphatic rings. The van der Waals surface area contributed by atoms with Crippen molar-refractivity contribution < 1.29 is 14.3 Å². The average Bonchev–Trinajstić information content (AvgIpc) is 2.44. The summed E-state index contributed by atoms with van der Waals surface area (Å²) in [7, 11) is 0. The summed E-state index contributed by atoms with van der Waals surface area (Å²) in [5.74, 6) is 0.379. The highest BCUT2D eigenvalue weighted by atomic mass is 127. The number of halogens is 1. The van der Waals surface area contributed by atoms with Crippen LogP contribution < -0.4 is 15.2 Å². The molecule has 6 heteroatoms. The van der Waals surface area contributed by atoms with E-state index in [1.807, 2.05) is 6.92 Å². The summed E-state index contributed by atoms with van der Waals surface area (Å²) in [6.07, 6.45) is 3.06. The Bertz CT molecular complexity index is 618. The first kappa shape index (κ1) is 17.0. The first-order chi connectivity index (χ1) is 10.0. The Morgan fingerprint density at radius 1 is 1.52 bits per heavy atom. The van der Waals surface area contributed by atoms with Gasteiger partial charge in [-0.3, -0.25) is 4.79 Å². The summed E-state index contributed by atoms with van der Waals surface area (Å²) >= 11 is 2.10. The van der Waals surface area contributed by atoms with Gasteiger partial charge in [-0.25, -0.2) is 0 Å². The summed E-state index contributed by atoms with van der Waals surface area (Å²) in [6.45, 7) is 6.29. The monoisotopic (exact) mass is 398 g/mol. The van der Waals surface area contributed by atoms with Gasteiger partial charge in [-0.05, 0) is 53.3 Å². The lowest BCUT2D eigenvalue weighted by Crippen LogP contribution is -2.12. The molecule has 0 saturated heterocycles. The van der Waals surface area contributed by atoms with Crippen LogP contribution in [-0.2, 0) is 4.79 Å². The minimum absolute atomic E-state index is 0.118. The quantitative estimate of drug-likeness (QED) is 0.331. The van der Waals surface area contributed by atoms with E-state index in [0.29, 0.717) is 30.3 Å². The van der Waals surface area contributed by atoms with E-state index >= 15 is 0 Å². The van der Waals surface area contributed by atoms with Crippen LogP contribution in [0, 0.1) is 14.9 Å². The number of nitrogens with two attached hydrogens (primary N) is 1. The number of nitrogens with zero attached hydrogens (tertiary/aromatic N) is 1. The van der Waals surface area contributed by atoms with Gasteiger partial charge >= 0.3 is 0 Å². The molecule has 0 bridgehead atoms. The van der Waals surface area contributed by atoms with Crippen LogP contribution in [0.5, 0.6) is 11.5 Å². The molecule has 0 aliphatic heterocycles. The van der Waals surface area contributed by atoms with Crippen molar-refractivity contribution in [2.75, 3.05) is 13.2 Å². The van der Waals surface area contributed by atoms with Crippen molar-refractivity contribution in [3.63, 3.8) is 0 Å². The SMILES string of the molecule is C=CCOc1c(I)cc(/C=C(\C#N)C(N)=O)cc1OCC. The molecule has 1 amide bonds. The molecular formula is C15H15IN2O3. The van der Waals surface area contributed by atoms with E-state index in [9.17, 15) is 4.79 Å². The highest BCUT2D eigenvalue weighted by molar-refractivity contribution is 14.1. The summed E-state index contributed by atoms with van der Waals surface area (Å²) in [4.78, 5) is 11.1. The lowest BCUT2D eigenvalue weighted by molar-refractivity contribution is -0.114.